The first-order chi connectivity index (χ1) is 13.3. The Labute approximate surface area is 171 Å². The third-order valence-corrected chi connectivity index (χ3v) is 7.56. The van der Waals surface area contributed by atoms with Crippen LogP contribution in [0.4, 0.5) is 14.5 Å². The van der Waals surface area contributed by atoms with Crippen LogP contribution >= 0.6 is 0 Å². The van der Waals surface area contributed by atoms with Gasteiger partial charge in [-0.15, -0.1) is 0 Å². The van der Waals surface area contributed by atoms with Crippen LogP contribution in [0.25, 0.3) is 0 Å². The second-order valence-electron chi connectivity index (χ2n) is 10.5. The van der Waals surface area contributed by atoms with Gasteiger partial charge in [-0.05, 0) is 70.1 Å². The molecule has 5 rings (SSSR count). The third kappa shape index (κ3) is 2.88. The first-order valence-electron chi connectivity index (χ1n) is 10.5. The predicted octanol–water partition coefficient (Wildman–Crippen LogP) is 4.67. The number of fused-ring (bicyclic) bond motifs is 2. The van der Waals surface area contributed by atoms with Crippen molar-refractivity contribution in [2.45, 2.75) is 88.2 Å². The van der Waals surface area contributed by atoms with E-state index in [1.54, 1.807) is 0 Å². The Balaban J connectivity index is 1.40. The van der Waals surface area contributed by atoms with E-state index >= 15 is 0 Å². The van der Waals surface area contributed by atoms with Gasteiger partial charge in [0.2, 0.25) is 5.91 Å². The van der Waals surface area contributed by atoms with E-state index < -0.39 is 17.9 Å². The van der Waals surface area contributed by atoms with Crippen molar-refractivity contribution in [3.05, 3.63) is 29.3 Å². The Bertz CT molecular complexity index is 875. The zero-order valence-electron chi connectivity index (χ0n) is 17.7. The topological polar surface area (TPSA) is 38.8 Å². The number of hydrogen-bond donors (Lipinski definition) is 0. The molecular weight excluding hydrogens is 375 g/mol. The van der Waals surface area contributed by atoms with Crippen LogP contribution in [0, 0.1) is 0 Å². The fraction of sp³-hybridized carbons (Fsp3) is 0.682. The molecule has 1 aromatic carbocycles. The molecule has 2 atom stereocenters. The summed E-state index contributed by atoms with van der Waals surface area (Å²) in [5.74, 6) is -2.56. The van der Waals surface area contributed by atoms with E-state index in [2.05, 4.69) is 6.07 Å². The van der Waals surface area contributed by atoms with Gasteiger partial charge in [-0.1, -0.05) is 12.1 Å². The van der Waals surface area contributed by atoms with E-state index in [0.29, 0.717) is 5.69 Å². The lowest BCUT2D eigenvalue weighted by atomic mass is 9.79. The summed E-state index contributed by atoms with van der Waals surface area (Å²) in [6.07, 6.45) is 2.45. The van der Waals surface area contributed by atoms with E-state index in [4.69, 9.17) is 9.31 Å². The molecule has 7 heteroatoms. The van der Waals surface area contributed by atoms with Crippen molar-refractivity contribution in [1.82, 2.24) is 0 Å². The lowest BCUT2D eigenvalue weighted by Gasteiger charge is -2.32. The van der Waals surface area contributed by atoms with E-state index in [-0.39, 0.29) is 36.0 Å². The molecule has 1 spiro atoms. The lowest BCUT2D eigenvalue weighted by molar-refractivity contribution is -0.121. The Kier molecular flexibility index (Phi) is 3.77. The summed E-state index contributed by atoms with van der Waals surface area (Å²) >= 11 is 0. The zero-order valence-corrected chi connectivity index (χ0v) is 17.7. The van der Waals surface area contributed by atoms with Crippen LogP contribution < -0.4 is 4.90 Å². The van der Waals surface area contributed by atoms with Crippen molar-refractivity contribution < 1.29 is 22.9 Å². The smallest absolute Gasteiger partial charge is 0.403 e. The maximum atomic E-state index is 13.8. The molecular formula is C22H28BF2NO3. The summed E-state index contributed by atoms with van der Waals surface area (Å²) in [7, 11) is -0.259. The van der Waals surface area contributed by atoms with Crippen molar-refractivity contribution in [3.8, 4) is 0 Å². The van der Waals surface area contributed by atoms with Crippen LogP contribution in [0.1, 0.15) is 70.9 Å². The molecule has 29 heavy (non-hydrogen) atoms. The molecule has 4 nitrogen and oxygen atoms in total. The van der Waals surface area contributed by atoms with Gasteiger partial charge in [0.05, 0.1) is 23.2 Å². The van der Waals surface area contributed by atoms with E-state index in [0.717, 1.165) is 37.3 Å². The molecule has 0 radical (unpaired) electrons. The summed E-state index contributed by atoms with van der Waals surface area (Å²) in [6.45, 7) is 8.49. The Morgan fingerprint density at radius 2 is 1.79 bits per heavy atom. The minimum atomic E-state index is -2.92. The van der Waals surface area contributed by atoms with Gasteiger partial charge < -0.3 is 14.2 Å². The van der Waals surface area contributed by atoms with Crippen LogP contribution in [0.5, 0.6) is 0 Å². The molecule has 1 saturated heterocycles. The number of halogens is 2. The second kappa shape index (κ2) is 5.61. The van der Waals surface area contributed by atoms with Gasteiger partial charge in [-0.2, -0.15) is 0 Å². The summed E-state index contributed by atoms with van der Waals surface area (Å²) < 4.78 is 39.9. The summed E-state index contributed by atoms with van der Waals surface area (Å²) in [6, 6.07) is 6.01. The number of rotatable bonds is 4. The first-order valence-corrected chi connectivity index (χ1v) is 10.5. The van der Waals surface area contributed by atoms with Crippen molar-refractivity contribution >= 4 is 18.7 Å². The first kappa shape index (κ1) is 19.5. The average Bonchev–Trinajstić information content (AvgIpc) is 3.48. The van der Waals surface area contributed by atoms with Gasteiger partial charge in [0.15, 0.2) is 0 Å². The van der Waals surface area contributed by atoms with Crippen molar-refractivity contribution in [2.75, 3.05) is 11.4 Å². The normalized spacial score (nSPS) is 30.8. The maximum absolute atomic E-state index is 13.8. The molecule has 1 amide bonds. The van der Waals surface area contributed by atoms with Crippen molar-refractivity contribution in [3.63, 3.8) is 0 Å². The zero-order chi connectivity index (χ0) is 21.0. The molecule has 156 valence electrons. The number of nitrogens with zero attached hydrogens (tertiary/aromatic N) is 1. The maximum Gasteiger partial charge on any atom is 0.461 e. The van der Waals surface area contributed by atoms with E-state index in [1.165, 1.54) is 4.90 Å². The molecule has 4 aliphatic rings. The quantitative estimate of drug-likeness (QED) is 0.686. The van der Waals surface area contributed by atoms with Crippen LogP contribution in [-0.4, -0.2) is 36.7 Å². The lowest BCUT2D eigenvalue weighted by Crippen LogP contribution is -2.41. The van der Waals surface area contributed by atoms with Gasteiger partial charge in [0, 0.05) is 18.4 Å². The SMILES string of the molecule is CC(F)(F)CN1C(=O)C2(CC2)c2ccc([C@H]3C[C@@H]3B3OC(C)(C)C(C)(C)O3)cc21. The molecule has 1 aromatic rings. The molecule has 3 fully saturated rings. The molecule has 2 saturated carbocycles. The van der Waals surface area contributed by atoms with Gasteiger partial charge >= 0.3 is 7.12 Å². The standard InChI is InChI=1S/C22H28BF2NO3/c1-19(2)20(3,4)29-23(28-19)16-11-14(16)13-6-7-15-17(10-13)26(12-21(5,24)25)18(27)22(15)8-9-22/h6-7,10,14,16H,8-9,11-12H2,1-5H3/t14-,16+/m1/s1. The highest BCUT2D eigenvalue weighted by atomic mass is 19.3. The number of benzene rings is 1. The summed E-state index contributed by atoms with van der Waals surface area (Å²) in [5.41, 5.74) is 1.40. The number of anilines is 1. The highest BCUT2D eigenvalue weighted by molar-refractivity contribution is 6.49. The van der Waals surface area contributed by atoms with Crippen LogP contribution in [0.3, 0.4) is 0 Å². The highest BCUT2D eigenvalue weighted by Crippen LogP contribution is 2.61. The third-order valence-electron chi connectivity index (χ3n) is 7.56. The molecule has 0 unspecified atom stereocenters. The Morgan fingerprint density at radius 3 is 2.34 bits per heavy atom. The molecule has 0 N–H and O–H groups in total. The number of amides is 1. The number of carbonyl (C=O) groups excluding carboxylic acids is 1. The van der Waals surface area contributed by atoms with Gasteiger partial charge in [0.25, 0.3) is 5.92 Å². The van der Waals surface area contributed by atoms with Crippen molar-refractivity contribution in [1.29, 1.82) is 0 Å². The van der Waals surface area contributed by atoms with Crippen molar-refractivity contribution in [2.24, 2.45) is 0 Å². The number of hydrogen-bond acceptors (Lipinski definition) is 3. The average molecular weight is 403 g/mol. The highest BCUT2D eigenvalue weighted by Gasteiger charge is 2.62. The Hall–Kier alpha value is -1.47. The van der Waals surface area contributed by atoms with E-state index in [9.17, 15) is 13.6 Å². The molecule has 0 aromatic heterocycles. The fourth-order valence-electron chi connectivity index (χ4n) is 4.90. The van der Waals surface area contributed by atoms with Crippen LogP contribution in [0.2, 0.25) is 5.82 Å². The van der Waals surface area contributed by atoms with Gasteiger partial charge in [-0.3, -0.25) is 4.79 Å². The Morgan fingerprint density at radius 1 is 1.17 bits per heavy atom. The minimum Gasteiger partial charge on any atom is -0.403 e. The number of carbonyl (C=O) groups is 1. The monoisotopic (exact) mass is 403 g/mol. The van der Waals surface area contributed by atoms with E-state index in [1.807, 2.05) is 39.8 Å². The molecule has 2 aliphatic heterocycles. The van der Waals surface area contributed by atoms with Gasteiger partial charge in [0.1, 0.15) is 0 Å². The molecule has 2 aliphatic carbocycles. The minimum absolute atomic E-state index is 0.163. The number of alkyl halides is 2. The predicted molar refractivity (Wildman–Crippen MR) is 108 cm³/mol. The fourth-order valence-corrected chi connectivity index (χ4v) is 4.90. The molecule has 2 heterocycles. The largest absolute Gasteiger partial charge is 0.461 e. The van der Waals surface area contributed by atoms with Crippen LogP contribution in [-0.2, 0) is 19.5 Å². The second-order valence-corrected chi connectivity index (χ2v) is 10.5. The van der Waals surface area contributed by atoms with Crippen LogP contribution in [0.15, 0.2) is 18.2 Å². The summed E-state index contributed by atoms with van der Waals surface area (Å²) in [4.78, 5) is 14.2. The van der Waals surface area contributed by atoms with Gasteiger partial charge in [-0.25, -0.2) is 8.78 Å². The summed E-state index contributed by atoms with van der Waals surface area (Å²) in [5, 5.41) is 0. The molecule has 0 bridgehead atoms.